The van der Waals surface area contributed by atoms with Crippen molar-refractivity contribution in [2.24, 2.45) is 0 Å². The van der Waals surface area contributed by atoms with Gasteiger partial charge in [-0.25, -0.2) is 4.39 Å². The first kappa shape index (κ1) is 13.2. The van der Waals surface area contributed by atoms with E-state index in [1.165, 1.54) is 7.11 Å². The molecule has 0 saturated heterocycles. The average molecular weight is 260 g/mol. The first-order chi connectivity index (χ1) is 9.11. The number of halogens is 1. The standard InChI is InChI=1S/C15H17FN2O/c1-18(13-7-4-6-12(17)9-13)10-11-5-3-8-14(19-2)15(11)16/h3-9H,10,17H2,1-2H3. The van der Waals surface area contributed by atoms with Gasteiger partial charge in [-0.1, -0.05) is 18.2 Å². The van der Waals surface area contributed by atoms with Gasteiger partial charge in [0, 0.05) is 30.5 Å². The molecular weight excluding hydrogens is 243 g/mol. The van der Waals surface area contributed by atoms with Gasteiger partial charge in [-0.3, -0.25) is 0 Å². The van der Waals surface area contributed by atoms with E-state index in [2.05, 4.69) is 0 Å². The van der Waals surface area contributed by atoms with Gasteiger partial charge in [0.2, 0.25) is 0 Å². The number of anilines is 2. The van der Waals surface area contributed by atoms with Gasteiger partial charge in [0.15, 0.2) is 11.6 Å². The van der Waals surface area contributed by atoms with E-state index in [1.54, 1.807) is 18.2 Å². The summed E-state index contributed by atoms with van der Waals surface area (Å²) < 4.78 is 19.0. The highest BCUT2D eigenvalue weighted by molar-refractivity contribution is 5.55. The SMILES string of the molecule is COc1cccc(CN(C)c2cccc(N)c2)c1F. The van der Waals surface area contributed by atoms with E-state index in [-0.39, 0.29) is 11.6 Å². The Morgan fingerprint density at radius 3 is 2.63 bits per heavy atom. The monoisotopic (exact) mass is 260 g/mol. The van der Waals surface area contributed by atoms with Crippen LogP contribution in [0.1, 0.15) is 5.56 Å². The highest BCUT2D eigenvalue weighted by atomic mass is 19.1. The van der Waals surface area contributed by atoms with Crippen LogP contribution < -0.4 is 15.4 Å². The second kappa shape index (κ2) is 5.61. The van der Waals surface area contributed by atoms with Gasteiger partial charge in [0.25, 0.3) is 0 Å². The third-order valence-electron chi connectivity index (χ3n) is 2.98. The van der Waals surface area contributed by atoms with Gasteiger partial charge in [0.05, 0.1) is 7.11 Å². The van der Waals surface area contributed by atoms with Crippen molar-refractivity contribution >= 4 is 11.4 Å². The predicted octanol–water partition coefficient (Wildman–Crippen LogP) is 3.05. The molecule has 0 aliphatic rings. The summed E-state index contributed by atoms with van der Waals surface area (Å²) in [5.41, 5.74) is 7.97. The Balaban J connectivity index is 2.21. The van der Waals surface area contributed by atoms with E-state index in [0.29, 0.717) is 17.8 Å². The van der Waals surface area contributed by atoms with Crippen LogP contribution in [-0.2, 0) is 6.54 Å². The molecule has 2 aromatic carbocycles. The van der Waals surface area contributed by atoms with Crippen LogP contribution >= 0.6 is 0 Å². The third-order valence-corrected chi connectivity index (χ3v) is 2.98. The lowest BCUT2D eigenvalue weighted by Gasteiger charge is -2.20. The molecule has 4 heteroatoms. The number of hydrogen-bond acceptors (Lipinski definition) is 3. The van der Waals surface area contributed by atoms with Gasteiger partial charge >= 0.3 is 0 Å². The molecule has 2 aromatic rings. The second-order valence-corrected chi connectivity index (χ2v) is 4.38. The van der Waals surface area contributed by atoms with Gasteiger partial charge in [0.1, 0.15) is 0 Å². The molecule has 0 aromatic heterocycles. The number of ether oxygens (including phenoxy) is 1. The summed E-state index contributed by atoms with van der Waals surface area (Å²) in [6.07, 6.45) is 0. The zero-order valence-electron chi connectivity index (χ0n) is 11.1. The molecule has 0 bridgehead atoms. The Morgan fingerprint density at radius 1 is 1.21 bits per heavy atom. The molecule has 0 heterocycles. The van der Waals surface area contributed by atoms with Crippen molar-refractivity contribution in [2.75, 3.05) is 24.8 Å². The molecule has 0 spiro atoms. The first-order valence-corrected chi connectivity index (χ1v) is 6.00. The Kier molecular flexibility index (Phi) is 3.90. The number of nitrogens with zero attached hydrogens (tertiary/aromatic N) is 1. The number of hydrogen-bond donors (Lipinski definition) is 1. The van der Waals surface area contributed by atoms with Crippen molar-refractivity contribution in [1.29, 1.82) is 0 Å². The van der Waals surface area contributed by atoms with Crippen molar-refractivity contribution in [2.45, 2.75) is 6.54 Å². The van der Waals surface area contributed by atoms with E-state index in [0.717, 1.165) is 5.69 Å². The zero-order chi connectivity index (χ0) is 13.8. The molecule has 2 N–H and O–H groups in total. The summed E-state index contributed by atoms with van der Waals surface area (Å²) in [6, 6.07) is 12.6. The normalized spacial score (nSPS) is 10.3. The summed E-state index contributed by atoms with van der Waals surface area (Å²) >= 11 is 0. The highest BCUT2D eigenvalue weighted by Crippen LogP contribution is 2.23. The lowest BCUT2D eigenvalue weighted by atomic mass is 10.1. The van der Waals surface area contributed by atoms with Gasteiger partial charge in [-0.15, -0.1) is 0 Å². The molecule has 0 unspecified atom stereocenters. The summed E-state index contributed by atoms with van der Waals surface area (Å²) in [4.78, 5) is 1.94. The van der Waals surface area contributed by atoms with Crippen molar-refractivity contribution < 1.29 is 9.13 Å². The van der Waals surface area contributed by atoms with E-state index >= 15 is 0 Å². The van der Waals surface area contributed by atoms with E-state index in [4.69, 9.17) is 10.5 Å². The number of nitrogens with two attached hydrogens (primary N) is 1. The van der Waals surface area contributed by atoms with Crippen LogP contribution in [0.3, 0.4) is 0 Å². The molecule has 0 amide bonds. The van der Waals surface area contributed by atoms with E-state index < -0.39 is 0 Å². The van der Waals surface area contributed by atoms with Crippen molar-refractivity contribution in [3.05, 3.63) is 53.8 Å². The van der Waals surface area contributed by atoms with Crippen LogP contribution in [0.4, 0.5) is 15.8 Å². The fourth-order valence-corrected chi connectivity index (χ4v) is 1.95. The molecule has 19 heavy (non-hydrogen) atoms. The van der Waals surface area contributed by atoms with Gasteiger partial charge in [-0.05, 0) is 24.3 Å². The molecule has 3 nitrogen and oxygen atoms in total. The number of nitrogen functional groups attached to an aromatic ring is 1. The Hall–Kier alpha value is -2.23. The average Bonchev–Trinajstić information content (AvgIpc) is 2.41. The molecule has 0 fully saturated rings. The molecule has 0 atom stereocenters. The fraction of sp³-hybridized carbons (Fsp3) is 0.200. The molecule has 0 aliphatic heterocycles. The quantitative estimate of drug-likeness (QED) is 0.859. The van der Waals surface area contributed by atoms with E-state index in [9.17, 15) is 4.39 Å². The zero-order valence-corrected chi connectivity index (χ0v) is 11.1. The minimum absolute atomic E-state index is 0.262. The minimum Gasteiger partial charge on any atom is -0.494 e. The summed E-state index contributed by atoms with van der Waals surface area (Å²) in [6.45, 7) is 0.451. The highest BCUT2D eigenvalue weighted by Gasteiger charge is 2.10. The summed E-state index contributed by atoms with van der Waals surface area (Å²) in [5.74, 6) is -0.0563. The molecule has 0 aliphatic carbocycles. The van der Waals surface area contributed by atoms with E-state index in [1.807, 2.05) is 36.2 Å². The lowest BCUT2D eigenvalue weighted by Crippen LogP contribution is -2.17. The van der Waals surface area contributed by atoms with Crippen LogP contribution in [-0.4, -0.2) is 14.2 Å². The van der Waals surface area contributed by atoms with Crippen LogP contribution in [0, 0.1) is 5.82 Å². The number of methoxy groups -OCH3 is 1. The topological polar surface area (TPSA) is 38.5 Å². The summed E-state index contributed by atoms with van der Waals surface area (Å²) in [5, 5.41) is 0. The van der Waals surface area contributed by atoms with Crippen LogP contribution in [0.5, 0.6) is 5.75 Å². The first-order valence-electron chi connectivity index (χ1n) is 6.00. The van der Waals surface area contributed by atoms with Crippen molar-refractivity contribution in [3.63, 3.8) is 0 Å². The molecule has 2 rings (SSSR count). The second-order valence-electron chi connectivity index (χ2n) is 4.38. The lowest BCUT2D eigenvalue weighted by molar-refractivity contribution is 0.384. The minimum atomic E-state index is -0.319. The molecule has 100 valence electrons. The summed E-state index contributed by atoms with van der Waals surface area (Å²) in [7, 11) is 3.36. The predicted molar refractivity (Wildman–Crippen MR) is 75.9 cm³/mol. The van der Waals surface area contributed by atoms with Crippen LogP contribution in [0.25, 0.3) is 0 Å². The molecule has 0 radical (unpaired) electrons. The Morgan fingerprint density at radius 2 is 1.95 bits per heavy atom. The van der Waals surface area contributed by atoms with Gasteiger partial charge < -0.3 is 15.4 Å². The van der Waals surface area contributed by atoms with Crippen molar-refractivity contribution in [3.8, 4) is 5.75 Å². The molecule has 0 saturated carbocycles. The van der Waals surface area contributed by atoms with Crippen molar-refractivity contribution in [1.82, 2.24) is 0 Å². The van der Waals surface area contributed by atoms with Gasteiger partial charge in [-0.2, -0.15) is 0 Å². The van der Waals surface area contributed by atoms with Crippen LogP contribution in [0.2, 0.25) is 0 Å². The maximum atomic E-state index is 14.1. The number of benzene rings is 2. The third kappa shape index (κ3) is 2.96. The smallest absolute Gasteiger partial charge is 0.170 e. The maximum absolute atomic E-state index is 14.1. The Labute approximate surface area is 112 Å². The molecular formula is C15H17FN2O. The number of rotatable bonds is 4. The maximum Gasteiger partial charge on any atom is 0.170 e. The fourth-order valence-electron chi connectivity index (χ4n) is 1.95. The van der Waals surface area contributed by atoms with Crippen LogP contribution in [0.15, 0.2) is 42.5 Å². The largest absolute Gasteiger partial charge is 0.494 e. The Bertz CT molecular complexity index is 572.